The van der Waals surface area contributed by atoms with E-state index in [1.165, 1.54) is 7.11 Å². The molecule has 1 fully saturated rings. The maximum Gasteiger partial charge on any atom is 0.407 e. The summed E-state index contributed by atoms with van der Waals surface area (Å²) in [5, 5.41) is 14.6. The number of amides is 2. The van der Waals surface area contributed by atoms with Gasteiger partial charge in [0.1, 0.15) is 12.6 Å². The largest absolute Gasteiger partial charge is 0.481 e. The van der Waals surface area contributed by atoms with Crippen molar-refractivity contribution in [3.05, 3.63) is 59.7 Å². The summed E-state index contributed by atoms with van der Waals surface area (Å²) in [7, 11) is 1.43. The molecule has 0 heterocycles. The summed E-state index contributed by atoms with van der Waals surface area (Å²) in [6.07, 6.45) is 1.12. The Morgan fingerprint density at radius 2 is 1.67 bits per heavy atom. The molecule has 0 spiro atoms. The van der Waals surface area contributed by atoms with Gasteiger partial charge in [0.05, 0.1) is 12.5 Å². The Bertz CT molecular complexity index is 994. The van der Waals surface area contributed by atoms with E-state index >= 15 is 0 Å². The Balaban J connectivity index is 1.38. The van der Waals surface area contributed by atoms with E-state index in [1.807, 2.05) is 36.4 Å². The number of alkyl carbamates (subject to hydrolysis) is 1. The van der Waals surface area contributed by atoms with E-state index in [9.17, 15) is 19.5 Å². The van der Waals surface area contributed by atoms with Crippen LogP contribution in [0, 0.1) is 5.92 Å². The first-order valence-electron chi connectivity index (χ1n) is 11.1. The second-order valence-electron chi connectivity index (χ2n) is 8.47. The average molecular weight is 453 g/mol. The van der Waals surface area contributed by atoms with Gasteiger partial charge < -0.3 is 25.2 Å². The predicted molar refractivity (Wildman–Crippen MR) is 121 cm³/mol. The van der Waals surface area contributed by atoms with Crippen LogP contribution in [0.1, 0.15) is 36.3 Å². The van der Waals surface area contributed by atoms with Gasteiger partial charge in [0.25, 0.3) is 0 Å². The van der Waals surface area contributed by atoms with Crippen LogP contribution in [0.2, 0.25) is 0 Å². The molecule has 174 valence electrons. The first-order valence-corrected chi connectivity index (χ1v) is 11.1. The van der Waals surface area contributed by atoms with Gasteiger partial charge >= 0.3 is 12.1 Å². The number of hydrogen-bond donors (Lipinski definition) is 3. The van der Waals surface area contributed by atoms with Crippen LogP contribution in [0.25, 0.3) is 11.1 Å². The molecule has 0 radical (unpaired) electrons. The van der Waals surface area contributed by atoms with Gasteiger partial charge in [-0.05, 0) is 35.1 Å². The summed E-state index contributed by atoms with van der Waals surface area (Å²) >= 11 is 0. The van der Waals surface area contributed by atoms with Gasteiger partial charge in [0.2, 0.25) is 5.91 Å². The minimum absolute atomic E-state index is 0.0551. The number of carboxylic acids is 1. The van der Waals surface area contributed by atoms with E-state index in [4.69, 9.17) is 9.47 Å². The topological polar surface area (TPSA) is 114 Å². The van der Waals surface area contributed by atoms with E-state index in [2.05, 4.69) is 22.8 Å². The van der Waals surface area contributed by atoms with Gasteiger partial charge in [-0.3, -0.25) is 9.59 Å². The summed E-state index contributed by atoms with van der Waals surface area (Å²) < 4.78 is 10.6. The second-order valence-corrected chi connectivity index (χ2v) is 8.47. The Morgan fingerprint density at radius 1 is 1.03 bits per heavy atom. The number of aliphatic carboxylic acids is 1. The first-order chi connectivity index (χ1) is 16.0. The molecule has 0 aliphatic heterocycles. The monoisotopic (exact) mass is 452 g/mol. The van der Waals surface area contributed by atoms with E-state index in [0.29, 0.717) is 12.8 Å². The van der Waals surface area contributed by atoms with Crippen LogP contribution in [-0.2, 0) is 19.1 Å². The fourth-order valence-corrected chi connectivity index (χ4v) is 4.84. The van der Waals surface area contributed by atoms with Crippen molar-refractivity contribution in [2.45, 2.75) is 37.3 Å². The molecule has 2 aliphatic carbocycles. The van der Waals surface area contributed by atoms with Crippen LogP contribution in [0.15, 0.2) is 48.5 Å². The number of ether oxygens (including phenoxy) is 2. The van der Waals surface area contributed by atoms with E-state index in [1.54, 1.807) is 0 Å². The van der Waals surface area contributed by atoms with Crippen LogP contribution in [0.3, 0.4) is 0 Å². The van der Waals surface area contributed by atoms with Crippen molar-refractivity contribution >= 4 is 18.0 Å². The molecule has 3 atom stereocenters. The van der Waals surface area contributed by atoms with Crippen LogP contribution in [-0.4, -0.2) is 55.5 Å². The van der Waals surface area contributed by atoms with E-state index in [0.717, 1.165) is 28.7 Å². The predicted octanol–water partition coefficient (Wildman–Crippen LogP) is 2.91. The molecule has 2 aromatic carbocycles. The third kappa shape index (κ3) is 4.85. The zero-order valence-electron chi connectivity index (χ0n) is 18.5. The molecule has 0 saturated heterocycles. The molecule has 33 heavy (non-hydrogen) atoms. The van der Waals surface area contributed by atoms with E-state index in [-0.39, 0.29) is 19.1 Å². The SMILES string of the molecule is COC[C@H](NC(=O)OCC1c2ccccc2-c2ccccc21)C(=O)N[C@@H]1CCC[C@@H]1C(=O)O. The smallest absolute Gasteiger partial charge is 0.407 e. The van der Waals surface area contributed by atoms with Crippen molar-refractivity contribution < 1.29 is 29.0 Å². The fraction of sp³-hybridized carbons (Fsp3) is 0.400. The Kier molecular flexibility index (Phi) is 6.93. The fourth-order valence-electron chi connectivity index (χ4n) is 4.84. The maximum absolute atomic E-state index is 12.7. The van der Waals surface area contributed by atoms with Crippen molar-refractivity contribution in [2.24, 2.45) is 5.92 Å². The highest BCUT2D eigenvalue weighted by Gasteiger charge is 2.36. The molecule has 8 heteroatoms. The minimum atomic E-state index is -0.985. The van der Waals surface area contributed by atoms with Gasteiger partial charge in [-0.2, -0.15) is 0 Å². The molecule has 1 saturated carbocycles. The van der Waals surface area contributed by atoms with Crippen LogP contribution in [0.5, 0.6) is 0 Å². The number of rotatable bonds is 8. The number of hydrogen-bond acceptors (Lipinski definition) is 5. The summed E-state index contributed by atoms with van der Waals surface area (Å²) in [4.78, 5) is 36.7. The Hall–Kier alpha value is -3.39. The number of fused-ring (bicyclic) bond motifs is 3. The lowest BCUT2D eigenvalue weighted by Crippen LogP contribution is -2.53. The van der Waals surface area contributed by atoms with Crippen molar-refractivity contribution in [3.63, 3.8) is 0 Å². The lowest BCUT2D eigenvalue weighted by Gasteiger charge is -2.23. The molecule has 2 amide bonds. The number of methoxy groups -OCH3 is 1. The Labute approximate surface area is 192 Å². The number of carboxylic acid groups (broad SMARTS) is 1. The lowest BCUT2D eigenvalue weighted by atomic mass is 9.98. The van der Waals surface area contributed by atoms with Crippen molar-refractivity contribution in [3.8, 4) is 11.1 Å². The zero-order chi connectivity index (χ0) is 23.4. The average Bonchev–Trinajstić information content (AvgIpc) is 3.40. The summed E-state index contributed by atoms with van der Waals surface area (Å²) in [6, 6.07) is 14.6. The molecular formula is C25H28N2O6. The summed E-state index contributed by atoms with van der Waals surface area (Å²) in [6.45, 7) is 0.0748. The normalized spacial score (nSPS) is 19.9. The molecule has 0 aromatic heterocycles. The van der Waals surface area contributed by atoms with Gasteiger partial charge in [-0.25, -0.2) is 4.79 Å². The van der Waals surface area contributed by atoms with Crippen molar-refractivity contribution in [2.75, 3.05) is 20.3 Å². The van der Waals surface area contributed by atoms with E-state index < -0.39 is 36.0 Å². The number of nitrogens with one attached hydrogen (secondary N) is 2. The van der Waals surface area contributed by atoms with Crippen molar-refractivity contribution in [1.82, 2.24) is 10.6 Å². The number of carbonyl (C=O) groups excluding carboxylic acids is 2. The molecule has 2 aliphatic rings. The zero-order valence-corrected chi connectivity index (χ0v) is 18.5. The van der Waals surface area contributed by atoms with Gasteiger partial charge in [-0.1, -0.05) is 55.0 Å². The van der Waals surface area contributed by atoms with Gasteiger partial charge in [0.15, 0.2) is 0 Å². The van der Waals surface area contributed by atoms with Crippen molar-refractivity contribution in [1.29, 1.82) is 0 Å². The highest BCUT2D eigenvalue weighted by Crippen LogP contribution is 2.44. The number of carbonyl (C=O) groups is 3. The maximum atomic E-state index is 12.7. The highest BCUT2D eigenvalue weighted by atomic mass is 16.5. The molecule has 2 aromatic rings. The quantitative estimate of drug-likeness (QED) is 0.568. The highest BCUT2D eigenvalue weighted by molar-refractivity contribution is 5.86. The van der Waals surface area contributed by atoms with Crippen LogP contribution < -0.4 is 10.6 Å². The first kappa shape index (κ1) is 22.8. The number of benzene rings is 2. The summed E-state index contributed by atoms with van der Waals surface area (Å²) in [5.41, 5.74) is 4.45. The lowest BCUT2D eigenvalue weighted by molar-refractivity contribution is -0.142. The van der Waals surface area contributed by atoms with Gasteiger partial charge in [0, 0.05) is 19.1 Å². The summed E-state index contributed by atoms with van der Waals surface area (Å²) in [5.74, 6) is -2.12. The van der Waals surface area contributed by atoms with Crippen LogP contribution in [0.4, 0.5) is 4.79 Å². The molecule has 0 unspecified atom stereocenters. The van der Waals surface area contributed by atoms with Crippen LogP contribution >= 0.6 is 0 Å². The molecule has 4 rings (SSSR count). The third-order valence-corrected chi connectivity index (χ3v) is 6.45. The minimum Gasteiger partial charge on any atom is -0.481 e. The van der Waals surface area contributed by atoms with Gasteiger partial charge in [-0.15, -0.1) is 0 Å². The molecule has 0 bridgehead atoms. The Morgan fingerprint density at radius 3 is 2.27 bits per heavy atom. The molecule has 8 nitrogen and oxygen atoms in total. The third-order valence-electron chi connectivity index (χ3n) is 6.45. The molecule has 3 N–H and O–H groups in total. The standard InChI is InChI=1S/C25H28N2O6/c1-32-14-22(23(28)26-21-12-6-11-19(21)24(29)30)27-25(31)33-13-20-17-9-4-2-7-15(17)16-8-3-5-10-18(16)20/h2-5,7-10,19-22H,6,11-14H2,1H3,(H,26,28)(H,27,31)(H,29,30)/t19-,21+,22-/m0/s1. The second kappa shape index (κ2) is 10.0. The molecular weight excluding hydrogens is 424 g/mol.